The van der Waals surface area contributed by atoms with Gasteiger partial charge in [0.25, 0.3) is 5.91 Å². The van der Waals surface area contributed by atoms with E-state index in [0.29, 0.717) is 12.3 Å². The first-order valence-electron chi connectivity index (χ1n) is 8.81. The van der Waals surface area contributed by atoms with Gasteiger partial charge >= 0.3 is 0 Å². The molecule has 1 amide bonds. The number of aryl methyl sites for hydroxylation is 3. The molecule has 0 aliphatic carbocycles. The number of carbonyl (C=O) groups excluding carboxylic acids is 1. The summed E-state index contributed by atoms with van der Waals surface area (Å²) in [4.78, 5) is 17.2. The highest BCUT2D eigenvalue weighted by atomic mass is 32.1. The van der Waals surface area contributed by atoms with Gasteiger partial charge in [0.05, 0.1) is 12.2 Å². The highest BCUT2D eigenvalue weighted by Crippen LogP contribution is 2.28. The van der Waals surface area contributed by atoms with Crippen LogP contribution in [0.15, 0.2) is 52.3 Å². The van der Waals surface area contributed by atoms with Crippen molar-refractivity contribution in [1.29, 1.82) is 0 Å². The number of nitrogens with one attached hydrogen (secondary N) is 1. The maximum absolute atomic E-state index is 12.6. The Labute approximate surface area is 161 Å². The van der Waals surface area contributed by atoms with Gasteiger partial charge in [0.2, 0.25) is 0 Å². The molecule has 27 heavy (non-hydrogen) atoms. The molecule has 0 radical (unpaired) electrons. The molecule has 4 rings (SSSR count). The zero-order valence-electron chi connectivity index (χ0n) is 15.5. The summed E-state index contributed by atoms with van der Waals surface area (Å²) in [6, 6.07) is 14.1. The van der Waals surface area contributed by atoms with Crippen LogP contribution < -0.4 is 5.32 Å². The Kier molecular flexibility index (Phi) is 4.54. The Bertz CT molecular complexity index is 1130. The molecule has 0 spiro atoms. The number of thiazole rings is 1. The summed E-state index contributed by atoms with van der Waals surface area (Å²) in [5.74, 6) is 0.154. The fourth-order valence-electron chi connectivity index (χ4n) is 3.05. The average molecular weight is 376 g/mol. The van der Waals surface area contributed by atoms with Crippen molar-refractivity contribution < 1.29 is 9.21 Å². The number of benzene rings is 2. The van der Waals surface area contributed by atoms with Crippen LogP contribution in [0, 0.1) is 20.8 Å². The minimum atomic E-state index is -0.215. The van der Waals surface area contributed by atoms with Gasteiger partial charge in [-0.1, -0.05) is 30.3 Å². The van der Waals surface area contributed by atoms with Crippen LogP contribution in [0.4, 0.5) is 0 Å². The van der Waals surface area contributed by atoms with E-state index < -0.39 is 0 Å². The van der Waals surface area contributed by atoms with Crippen LogP contribution in [0.5, 0.6) is 0 Å². The highest BCUT2D eigenvalue weighted by molar-refractivity contribution is 7.13. The van der Waals surface area contributed by atoms with Gasteiger partial charge in [0.15, 0.2) is 5.76 Å². The van der Waals surface area contributed by atoms with Crippen molar-refractivity contribution in [2.24, 2.45) is 0 Å². The summed E-state index contributed by atoms with van der Waals surface area (Å²) in [6.07, 6.45) is 0. The fourth-order valence-corrected chi connectivity index (χ4v) is 3.87. The number of fused-ring (bicyclic) bond motifs is 1. The van der Waals surface area contributed by atoms with Crippen LogP contribution in [-0.2, 0) is 6.54 Å². The summed E-state index contributed by atoms with van der Waals surface area (Å²) in [5, 5.41) is 6.83. The van der Waals surface area contributed by atoms with E-state index in [4.69, 9.17) is 4.42 Å². The monoisotopic (exact) mass is 376 g/mol. The van der Waals surface area contributed by atoms with Crippen LogP contribution in [0.25, 0.3) is 21.5 Å². The summed E-state index contributed by atoms with van der Waals surface area (Å²) in [6.45, 7) is 6.40. The molecule has 4 aromatic rings. The van der Waals surface area contributed by atoms with Crippen molar-refractivity contribution >= 4 is 28.2 Å². The second kappa shape index (κ2) is 7.00. The SMILES string of the molecule is Cc1cc2oc(C(=O)NCc3csc(-c4ccccc4)n3)c(C)c2cc1C. The molecule has 0 bridgehead atoms. The zero-order valence-corrected chi connectivity index (χ0v) is 16.3. The lowest BCUT2D eigenvalue weighted by atomic mass is 10.1. The Hall–Kier alpha value is -2.92. The van der Waals surface area contributed by atoms with E-state index in [1.54, 1.807) is 11.3 Å². The quantitative estimate of drug-likeness (QED) is 0.518. The fraction of sp³-hybridized carbons (Fsp3) is 0.182. The van der Waals surface area contributed by atoms with Gasteiger partial charge < -0.3 is 9.73 Å². The maximum Gasteiger partial charge on any atom is 0.287 e. The highest BCUT2D eigenvalue weighted by Gasteiger charge is 2.18. The Morgan fingerprint density at radius 1 is 1.11 bits per heavy atom. The number of furan rings is 1. The third-order valence-corrected chi connectivity index (χ3v) is 5.70. The summed E-state index contributed by atoms with van der Waals surface area (Å²) >= 11 is 1.57. The third-order valence-electron chi connectivity index (χ3n) is 4.76. The van der Waals surface area contributed by atoms with Gasteiger partial charge in [-0.2, -0.15) is 0 Å². The first-order valence-corrected chi connectivity index (χ1v) is 9.69. The lowest BCUT2D eigenvalue weighted by Crippen LogP contribution is -2.23. The number of aromatic nitrogens is 1. The van der Waals surface area contributed by atoms with Crippen molar-refractivity contribution in [3.05, 3.63) is 76.0 Å². The number of hydrogen-bond donors (Lipinski definition) is 1. The normalized spacial score (nSPS) is 11.1. The molecule has 0 atom stereocenters. The molecule has 0 unspecified atom stereocenters. The Morgan fingerprint density at radius 3 is 2.63 bits per heavy atom. The van der Waals surface area contributed by atoms with E-state index >= 15 is 0 Å². The second-order valence-electron chi connectivity index (χ2n) is 6.68. The number of rotatable bonds is 4. The predicted octanol–water partition coefficient (Wildman–Crippen LogP) is 5.41. The predicted molar refractivity (Wildman–Crippen MR) is 109 cm³/mol. The molecule has 5 heteroatoms. The summed E-state index contributed by atoms with van der Waals surface area (Å²) in [5.41, 5.74) is 5.88. The first kappa shape index (κ1) is 17.5. The number of nitrogens with zero attached hydrogens (tertiary/aromatic N) is 1. The molecule has 4 nitrogen and oxygen atoms in total. The number of amides is 1. The van der Waals surface area contributed by atoms with Crippen LogP contribution in [-0.4, -0.2) is 10.9 Å². The van der Waals surface area contributed by atoms with Gasteiger partial charge in [-0.25, -0.2) is 4.98 Å². The van der Waals surface area contributed by atoms with Gasteiger partial charge in [-0.15, -0.1) is 11.3 Å². The molecule has 2 aromatic carbocycles. The van der Waals surface area contributed by atoms with E-state index in [2.05, 4.69) is 23.3 Å². The molecule has 2 aromatic heterocycles. The molecule has 0 aliphatic heterocycles. The molecule has 0 aliphatic rings. The molecule has 1 N–H and O–H groups in total. The largest absolute Gasteiger partial charge is 0.451 e. The Balaban J connectivity index is 1.51. The van der Waals surface area contributed by atoms with Crippen LogP contribution >= 0.6 is 11.3 Å². The molecule has 0 saturated carbocycles. The van der Waals surface area contributed by atoms with Crippen molar-refractivity contribution in [3.8, 4) is 10.6 Å². The summed E-state index contributed by atoms with van der Waals surface area (Å²) in [7, 11) is 0. The van der Waals surface area contributed by atoms with E-state index in [1.807, 2.05) is 55.6 Å². The van der Waals surface area contributed by atoms with Crippen molar-refractivity contribution in [1.82, 2.24) is 10.3 Å². The molecule has 136 valence electrons. The molecular formula is C22H20N2O2S. The van der Waals surface area contributed by atoms with Crippen LogP contribution in [0.3, 0.4) is 0 Å². The van der Waals surface area contributed by atoms with Crippen LogP contribution in [0.1, 0.15) is 32.9 Å². The first-order chi connectivity index (χ1) is 13.0. The molecule has 0 saturated heterocycles. The lowest BCUT2D eigenvalue weighted by molar-refractivity contribution is 0.0924. The molecular weight excluding hydrogens is 356 g/mol. The van der Waals surface area contributed by atoms with Gasteiger partial charge in [0.1, 0.15) is 10.6 Å². The second-order valence-corrected chi connectivity index (χ2v) is 7.54. The average Bonchev–Trinajstić information content (AvgIpc) is 3.27. The summed E-state index contributed by atoms with van der Waals surface area (Å²) < 4.78 is 5.83. The minimum Gasteiger partial charge on any atom is -0.451 e. The minimum absolute atomic E-state index is 0.215. The van der Waals surface area contributed by atoms with Crippen LogP contribution in [0.2, 0.25) is 0 Å². The van der Waals surface area contributed by atoms with E-state index in [-0.39, 0.29) is 5.91 Å². The molecule has 0 fully saturated rings. The Morgan fingerprint density at radius 2 is 1.85 bits per heavy atom. The standard InChI is InChI=1S/C22H20N2O2S/c1-13-9-18-15(3)20(26-19(18)10-14(13)2)21(25)23-11-17-12-27-22(24-17)16-7-5-4-6-8-16/h4-10,12H,11H2,1-3H3,(H,23,25). The topological polar surface area (TPSA) is 55.1 Å². The lowest BCUT2D eigenvalue weighted by Gasteiger charge is -2.01. The van der Waals surface area contributed by atoms with Gasteiger partial charge in [0, 0.05) is 21.9 Å². The van der Waals surface area contributed by atoms with Crippen molar-refractivity contribution in [3.63, 3.8) is 0 Å². The van der Waals surface area contributed by atoms with E-state index in [9.17, 15) is 4.79 Å². The number of hydrogen-bond acceptors (Lipinski definition) is 4. The van der Waals surface area contributed by atoms with E-state index in [0.717, 1.165) is 38.4 Å². The smallest absolute Gasteiger partial charge is 0.287 e. The third kappa shape index (κ3) is 3.38. The van der Waals surface area contributed by atoms with Gasteiger partial charge in [-0.05, 0) is 44.0 Å². The van der Waals surface area contributed by atoms with Gasteiger partial charge in [-0.3, -0.25) is 4.79 Å². The molecule has 2 heterocycles. The van der Waals surface area contributed by atoms with Crippen molar-refractivity contribution in [2.45, 2.75) is 27.3 Å². The maximum atomic E-state index is 12.6. The number of carbonyl (C=O) groups is 1. The van der Waals surface area contributed by atoms with E-state index in [1.165, 1.54) is 5.56 Å². The van der Waals surface area contributed by atoms with Crippen molar-refractivity contribution in [2.75, 3.05) is 0 Å². The zero-order chi connectivity index (χ0) is 19.0.